The highest BCUT2D eigenvalue weighted by molar-refractivity contribution is 9.10. The van der Waals surface area contributed by atoms with E-state index in [2.05, 4.69) is 35.1 Å². The van der Waals surface area contributed by atoms with Gasteiger partial charge in [0, 0.05) is 11.0 Å². The van der Waals surface area contributed by atoms with E-state index in [9.17, 15) is 4.79 Å². The Morgan fingerprint density at radius 2 is 1.78 bits per heavy atom. The molecule has 0 unspecified atom stereocenters. The summed E-state index contributed by atoms with van der Waals surface area (Å²) >= 11 is 3.43. The van der Waals surface area contributed by atoms with E-state index in [1.807, 2.05) is 50.2 Å². The van der Waals surface area contributed by atoms with Gasteiger partial charge in [-0.1, -0.05) is 41.9 Å². The van der Waals surface area contributed by atoms with E-state index in [0.717, 1.165) is 22.2 Å². The molecule has 0 bridgehead atoms. The molecule has 0 aliphatic rings. The number of rotatable bonds is 9. The fraction of sp³-hybridized carbons (Fsp3) is 0.409. The van der Waals surface area contributed by atoms with E-state index in [0.29, 0.717) is 30.4 Å². The molecular weight excluding hydrogens is 406 g/mol. The van der Waals surface area contributed by atoms with Crippen LogP contribution in [0.25, 0.3) is 0 Å². The zero-order valence-corrected chi connectivity index (χ0v) is 18.0. The molecule has 0 aliphatic heterocycles. The minimum Gasteiger partial charge on any atom is -0.493 e. The fourth-order valence-electron chi connectivity index (χ4n) is 2.45. The molecule has 0 atom stereocenters. The number of benzene rings is 2. The molecule has 0 saturated heterocycles. The Hall–Kier alpha value is -2.01. The first-order valence-corrected chi connectivity index (χ1v) is 10.1. The molecule has 0 spiro atoms. The van der Waals surface area contributed by atoms with Crippen LogP contribution in [-0.2, 0) is 6.54 Å². The number of amides is 1. The summed E-state index contributed by atoms with van der Waals surface area (Å²) in [5.41, 5.74) is 1.55. The van der Waals surface area contributed by atoms with Gasteiger partial charge in [-0.3, -0.25) is 4.79 Å². The molecule has 2 aromatic carbocycles. The molecule has 1 N–H and O–H groups in total. The summed E-state index contributed by atoms with van der Waals surface area (Å²) < 4.78 is 12.3. The number of carbonyl (C=O) groups is 1. The Morgan fingerprint density at radius 1 is 1.07 bits per heavy atom. The van der Waals surface area contributed by atoms with E-state index >= 15 is 0 Å². The zero-order chi connectivity index (χ0) is 19.8. The lowest BCUT2D eigenvalue weighted by molar-refractivity contribution is 0.0946. The maximum atomic E-state index is 12.7. The standard InChI is InChI=1S/C22H28BrNO3/c1-15(2)11-12-26-21-10-7-18(23)13-20(21)22(25)24-14-17-5-8-19(9-6-17)27-16(3)4/h5-10,13,15-16H,11-12,14H2,1-4H3,(H,24,25). The van der Waals surface area contributed by atoms with Crippen LogP contribution >= 0.6 is 15.9 Å². The Labute approximate surface area is 170 Å². The lowest BCUT2D eigenvalue weighted by Crippen LogP contribution is -2.23. The lowest BCUT2D eigenvalue weighted by Gasteiger charge is -2.14. The van der Waals surface area contributed by atoms with Crippen molar-refractivity contribution in [2.24, 2.45) is 5.92 Å². The van der Waals surface area contributed by atoms with Crippen LogP contribution in [0.3, 0.4) is 0 Å². The van der Waals surface area contributed by atoms with Crippen molar-refractivity contribution in [1.29, 1.82) is 0 Å². The second kappa shape index (κ2) is 10.4. The molecule has 5 heteroatoms. The maximum Gasteiger partial charge on any atom is 0.255 e. The van der Waals surface area contributed by atoms with Crippen molar-refractivity contribution < 1.29 is 14.3 Å². The molecule has 0 heterocycles. The van der Waals surface area contributed by atoms with Crippen molar-refractivity contribution in [3.8, 4) is 11.5 Å². The van der Waals surface area contributed by atoms with Crippen molar-refractivity contribution in [2.45, 2.75) is 46.8 Å². The van der Waals surface area contributed by atoms with Crippen molar-refractivity contribution in [3.63, 3.8) is 0 Å². The number of carbonyl (C=O) groups excluding carboxylic acids is 1. The van der Waals surface area contributed by atoms with E-state index in [1.54, 1.807) is 6.07 Å². The largest absolute Gasteiger partial charge is 0.493 e. The topological polar surface area (TPSA) is 47.6 Å². The summed E-state index contributed by atoms with van der Waals surface area (Å²) in [6, 6.07) is 13.3. The monoisotopic (exact) mass is 433 g/mol. The van der Waals surface area contributed by atoms with Gasteiger partial charge in [0.1, 0.15) is 11.5 Å². The first kappa shape index (κ1) is 21.3. The molecule has 146 valence electrons. The Morgan fingerprint density at radius 3 is 2.41 bits per heavy atom. The lowest BCUT2D eigenvalue weighted by atomic mass is 10.1. The van der Waals surface area contributed by atoms with E-state index in [1.165, 1.54) is 0 Å². The molecule has 2 rings (SSSR count). The van der Waals surface area contributed by atoms with Gasteiger partial charge in [0.15, 0.2) is 0 Å². The summed E-state index contributed by atoms with van der Waals surface area (Å²) in [5, 5.41) is 2.96. The molecule has 2 aromatic rings. The van der Waals surface area contributed by atoms with Crippen molar-refractivity contribution in [1.82, 2.24) is 5.32 Å². The fourth-order valence-corrected chi connectivity index (χ4v) is 2.81. The summed E-state index contributed by atoms with van der Waals surface area (Å²) in [6.07, 6.45) is 1.09. The predicted octanol–water partition coefficient (Wildman–Crippen LogP) is 5.59. The predicted molar refractivity (Wildman–Crippen MR) is 112 cm³/mol. The number of ether oxygens (including phenoxy) is 2. The highest BCUT2D eigenvalue weighted by Crippen LogP contribution is 2.24. The van der Waals surface area contributed by atoms with Crippen molar-refractivity contribution >= 4 is 21.8 Å². The third-order valence-corrected chi connectivity index (χ3v) is 4.38. The molecule has 4 nitrogen and oxygen atoms in total. The molecule has 0 aromatic heterocycles. The molecule has 0 aliphatic carbocycles. The average molecular weight is 434 g/mol. The van der Waals surface area contributed by atoms with Crippen LogP contribution in [0.1, 0.15) is 50.0 Å². The molecule has 27 heavy (non-hydrogen) atoms. The number of halogens is 1. The quantitative estimate of drug-likeness (QED) is 0.560. The van der Waals surface area contributed by atoms with Gasteiger partial charge in [-0.05, 0) is 62.1 Å². The summed E-state index contributed by atoms with van der Waals surface area (Å²) in [6.45, 7) is 9.32. The van der Waals surface area contributed by atoms with Crippen LogP contribution in [0.15, 0.2) is 46.9 Å². The van der Waals surface area contributed by atoms with Crippen LogP contribution in [0, 0.1) is 5.92 Å². The third kappa shape index (κ3) is 7.25. The van der Waals surface area contributed by atoms with Gasteiger partial charge in [0.2, 0.25) is 0 Å². The Balaban J connectivity index is 1.99. The molecule has 0 saturated carbocycles. The van der Waals surface area contributed by atoms with Gasteiger partial charge < -0.3 is 14.8 Å². The highest BCUT2D eigenvalue weighted by atomic mass is 79.9. The Bertz CT molecular complexity index is 742. The molecule has 0 radical (unpaired) electrons. The van der Waals surface area contributed by atoms with E-state index in [-0.39, 0.29) is 12.0 Å². The number of hydrogen-bond acceptors (Lipinski definition) is 3. The minimum absolute atomic E-state index is 0.140. The summed E-state index contributed by atoms with van der Waals surface area (Å²) in [5.74, 6) is 1.84. The van der Waals surface area contributed by atoms with Crippen molar-refractivity contribution in [3.05, 3.63) is 58.1 Å². The first-order valence-electron chi connectivity index (χ1n) is 9.31. The highest BCUT2D eigenvalue weighted by Gasteiger charge is 2.13. The van der Waals surface area contributed by atoms with Gasteiger partial charge in [-0.2, -0.15) is 0 Å². The van der Waals surface area contributed by atoms with Gasteiger partial charge in [-0.25, -0.2) is 0 Å². The minimum atomic E-state index is -0.154. The van der Waals surface area contributed by atoms with Crippen LogP contribution in [0.2, 0.25) is 0 Å². The van der Waals surface area contributed by atoms with E-state index in [4.69, 9.17) is 9.47 Å². The maximum absolute atomic E-state index is 12.7. The zero-order valence-electron chi connectivity index (χ0n) is 16.4. The van der Waals surface area contributed by atoms with Gasteiger partial charge >= 0.3 is 0 Å². The summed E-state index contributed by atoms with van der Waals surface area (Å²) in [7, 11) is 0. The van der Waals surface area contributed by atoms with Crippen LogP contribution < -0.4 is 14.8 Å². The van der Waals surface area contributed by atoms with Crippen LogP contribution in [0.4, 0.5) is 0 Å². The molecular formula is C22H28BrNO3. The van der Waals surface area contributed by atoms with Crippen molar-refractivity contribution in [2.75, 3.05) is 6.61 Å². The van der Waals surface area contributed by atoms with Crippen LogP contribution in [0.5, 0.6) is 11.5 Å². The normalized spacial score (nSPS) is 10.9. The molecule has 1 amide bonds. The molecule has 0 fully saturated rings. The average Bonchev–Trinajstić information content (AvgIpc) is 2.61. The van der Waals surface area contributed by atoms with Gasteiger partial charge in [0.25, 0.3) is 5.91 Å². The van der Waals surface area contributed by atoms with Gasteiger partial charge in [-0.15, -0.1) is 0 Å². The number of hydrogen-bond donors (Lipinski definition) is 1. The number of nitrogens with one attached hydrogen (secondary N) is 1. The second-order valence-corrected chi connectivity index (χ2v) is 8.08. The first-order chi connectivity index (χ1) is 12.8. The summed E-state index contributed by atoms with van der Waals surface area (Å²) in [4.78, 5) is 12.7. The van der Waals surface area contributed by atoms with Crippen LogP contribution in [-0.4, -0.2) is 18.6 Å². The smallest absolute Gasteiger partial charge is 0.255 e. The van der Waals surface area contributed by atoms with Gasteiger partial charge in [0.05, 0.1) is 18.3 Å². The SMILES string of the molecule is CC(C)CCOc1ccc(Br)cc1C(=O)NCc1ccc(OC(C)C)cc1. The van der Waals surface area contributed by atoms with E-state index < -0.39 is 0 Å². The second-order valence-electron chi connectivity index (χ2n) is 7.16. The Kier molecular flexibility index (Phi) is 8.17. The third-order valence-electron chi connectivity index (χ3n) is 3.89.